The fourth-order valence-electron chi connectivity index (χ4n) is 1.96. The summed E-state index contributed by atoms with van der Waals surface area (Å²) in [6, 6.07) is 1.11. The Morgan fingerprint density at radius 3 is 1.70 bits per heavy atom. The number of ether oxygens (including phenoxy) is 2. The van der Waals surface area contributed by atoms with Crippen LogP contribution >= 0.6 is 23.2 Å². The fourth-order valence-corrected chi connectivity index (χ4v) is 2.50. The number of nitrogens with zero attached hydrogens (tertiary/aromatic N) is 1. The summed E-state index contributed by atoms with van der Waals surface area (Å²) in [5, 5.41) is 9.44. The molecule has 2 amide bonds. The van der Waals surface area contributed by atoms with E-state index in [0.717, 1.165) is 6.07 Å². The van der Waals surface area contributed by atoms with Crippen LogP contribution < -0.4 is 4.90 Å². The Labute approximate surface area is 168 Å². The zero-order valence-corrected chi connectivity index (χ0v) is 17.8. The number of carbonyl (C=O) groups is 3. The first kappa shape index (κ1) is 23.0. The van der Waals surface area contributed by atoms with Gasteiger partial charge in [-0.15, -0.1) is 0 Å². The molecule has 0 saturated heterocycles. The van der Waals surface area contributed by atoms with Gasteiger partial charge in [-0.25, -0.2) is 14.4 Å². The van der Waals surface area contributed by atoms with Crippen LogP contribution in [-0.2, 0) is 9.47 Å². The Balaban J connectivity index is 3.70. The molecule has 0 heterocycles. The molecule has 0 spiro atoms. The molecular formula is C18H23Cl2NO6. The van der Waals surface area contributed by atoms with Crippen LogP contribution in [-0.4, -0.2) is 34.5 Å². The minimum absolute atomic E-state index is 0.0782. The number of carboxylic acid groups (broad SMARTS) is 1. The summed E-state index contributed by atoms with van der Waals surface area (Å²) in [7, 11) is 0. The lowest BCUT2D eigenvalue weighted by atomic mass is 10.1. The van der Waals surface area contributed by atoms with Crippen molar-refractivity contribution in [3.05, 3.63) is 27.2 Å². The maximum absolute atomic E-state index is 12.7. The predicted molar refractivity (Wildman–Crippen MR) is 103 cm³/mol. The number of benzene rings is 1. The van der Waals surface area contributed by atoms with Gasteiger partial charge in [0.25, 0.3) is 0 Å². The van der Waals surface area contributed by atoms with Gasteiger partial charge in [-0.2, -0.15) is 4.90 Å². The molecule has 1 aromatic rings. The van der Waals surface area contributed by atoms with E-state index >= 15 is 0 Å². The summed E-state index contributed by atoms with van der Waals surface area (Å²) in [6.07, 6.45) is -2.24. The maximum atomic E-state index is 12.7. The third-order valence-corrected chi connectivity index (χ3v) is 3.88. The van der Waals surface area contributed by atoms with Crippen LogP contribution in [0.5, 0.6) is 0 Å². The minimum atomic E-state index is -1.43. The number of aromatic carboxylic acids is 1. The van der Waals surface area contributed by atoms with E-state index in [9.17, 15) is 19.5 Å². The lowest BCUT2D eigenvalue weighted by Crippen LogP contribution is -2.44. The molecule has 9 heteroatoms. The molecule has 0 aliphatic heterocycles. The van der Waals surface area contributed by atoms with Gasteiger partial charge < -0.3 is 14.6 Å². The van der Waals surface area contributed by atoms with Crippen LogP contribution in [0.3, 0.4) is 0 Å². The van der Waals surface area contributed by atoms with Gasteiger partial charge in [0.1, 0.15) is 11.2 Å². The first-order valence-electron chi connectivity index (χ1n) is 8.03. The Kier molecular flexibility index (Phi) is 6.78. The van der Waals surface area contributed by atoms with E-state index in [1.54, 1.807) is 41.5 Å². The molecule has 0 aliphatic rings. The second kappa shape index (κ2) is 7.94. The van der Waals surface area contributed by atoms with Gasteiger partial charge in [-0.1, -0.05) is 23.2 Å². The van der Waals surface area contributed by atoms with Crippen LogP contribution in [0.4, 0.5) is 15.3 Å². The smallest absolute Gasteiger partial charge is 0.424 e. The Morgan fingerprint density at radius 1 is 0.963 bits per heavy atom. The zero-order valence-electron chi connectivity index (χ0n) is 16.3. The van der Waals surface area contributed by atoms with Crippen molar-refractivity contribution in [2.24, 2.45) is 0 Å². The number of hydrogen-bond acceptors (Lipinski definition) is 5. The molecule has 0 atom stereocenters. The zero-order chi connectivity index (χ0) is 21.3. The number of anilines is 1. The van der Waals surface area contributed by atoms with Crippen molar-refractivity contribution in [2.45, 2.75) is 59.7 Å². The molecule has 0 fully saturated rings. The van der Waals surface area contributed by atoms with Crippen LogP contribution in [0, 0.1) is 6.92 Å². The summed E-state index contributed by atoms with van der Waals surface area (Å²) < 4.78 is 10.5. The molecule has 1 aromatic carbocycles. The minimum Gasteiger partial charge on any atom is -0.478 e. The van der Waals surface area contributed by atoms with E-state index in [4.69, 9.17) is 32.7 Å². The van der Waals surface area contributed by atoms with Gasteiger partial charge in [-0.05, 0) is 60.1 Å². The number of imide groups is 1. The quantitative estimate of drug-likeness (QED) is 0.662. The molecule has 7 nitrogen and oxygen atoms in total. The van der Waals surface area contributed by atoms with Gasteiger partial charge in [0.15, 0.2) is 0 Å². The Bertz CT molecular complexity index is 750. The molecule has 1 rings (SSSR count). The van der Waals surface area contributed by atoms with E-state index < -0.39 is 34.9 Å². The summed E-state index contributed by atoms with van der Waals surface area (Å²) in [6.45, 7) is 11.1. The first-order valence-corrected chi connectivity index (χ1v) is 8.78. The van der Waals surface area contributed by atoms with Gasteiger partial charge in [0, 0.05) is 5.02 Å². The van der Waals surface area contributed by atoms with Gasteiger partial charge in [0.05, 0.1) is 16.3 Å². The second-order valence-electron chi connectivity index (χ2n) is 7.79. The maximum Gasteiger partial charge on any atom is 0.424 e. The summed E-state index contributed by atoms with van der Waals surface area (Å²) in [5.41, 5.74) is -2.40. The summed E-state index contributed by atoms with van der Waals surface area (Å²) in [5.74, 6) is -1.43. The van der Waals surface area contributed by atoms with Crippen LogP contribution in [0.25, 0.3) is 0 Å². The topological polar surface area (TPSA) is 93.1 Å². The highest BCUT2D eigenvalue weighted by molar-refractivity contribution is 6.40. The monoisotopic (exact) mass is 419 g/mol. The van der Waals surface area contributed by atoms with Gasteiger partial charge in [0.2, 0.25) is 0 Å². The van der Waals surface area contributed by atoms with Crippen LogP contribution in [0.1, 0.15) is 57.5 Å². The standard InChI is InChI=1S/C18H23Cl2NO6/c1-9-11(19)8-10(14(22)23)13(12(9)20)21(15(24)26-17(2,3)4)16(25)27-18(5,6)7/h8H,1-7H3,(H,22,23). The number of halogens is 2. The fraction of sp³-hybridized carbons (Fsp3) is 0.500. The average molecular weight is 420 g/mol. The third-order valence-electron chi connectivity index (χ3n) is 3.03. The molecule has 0 aromatic heterocycles. The van der Waals surface area contributed by atoms with Crippen molar-refractivity contribution in [1.29, 1.82) is 0 Å². The van der Waals surface area contributed by atoms with Gasteiger partial charge >= 0.3 is 18.2 Å². The van der Waals surface area contributed by atoms with Crippen LogP contribution in [0.15, 0.2) is 6.07 Å². The van der Waals surface area contributed by atoms with E-state index in [0.29, 0.717) is 10.5 Å². The SMILES string of the molecule is Cc1c(Cl)cc(C(=O)O)c(N(C(=O)OC(C)(C)C)C(=O)OC(C)(C)C)c1Cl. The summed E-state index contributed by atoms with van der Waals surface area (Å²) in [4.78, 5) is 37.6. The third kappa shape index (κ3) is 6.01. The molecule has 0 radical (unpaired) electrons. The number of carboxylic acids is 1. The molecule has 0 bridgehead atoms. The van der Waals surface area contributed by atoms with Crippen molar-refractivity contribution < 1.29 is 29.0 Å². The molecule has 27 heavy (non-hydrogen) atoms. The van der Waals surface area contributed by atoms with Crippen LogP contribution in [0.2, 0.25) is 10.0 Å². The van der Waals surface area contributed by atoms with E-state index in [1.165, 1.54) is 6.92 Å². The van der Waals surface area contributed by atoms with E-state index in [2.05, 4.69) is 0 Å². The Hall–Kier alpha value is -1.99. The number of hydrogen-bond donors (Lipinski definition) is 1. The van der Waals surface area contributed by atoms with Crippen molar-refractivity contribution in [2.75, 3.05) is 4.90 Å². The van der Waals surface area contributed by atoms with E-state index in [-0.39, 0.29) is 15.7 Å². The van der Waals surface area contributed by atoms with Crippen molar-refractivity contribution in [1.82, 2.24) is 0 Å². The Morgan fingerprint density at radius 2 is 1.37 bits per heavy atom. The number of carbonyl (C=O) groups excluding carboxylic acids is 2. The van der Waals surface area contributed by atoms with E-state index in [1.807, 2.05) is 0 Å². The summed E-state index contributed by atoms with van der Waals surface area (Å²) >= 11 is 12.3. The normalized spacial score (nSPS) is 11.7. The molecule has 0 unspecified atom stereocenters. The largest absolute Gasteiger partial charge is 0.478 e. The molecule has 0 saturated carbocycles. The molecule has 0 aliphatic carbocycles. The molecular weight excluding hydrogens is 397 g/mol. The number of rotatable bonds is 2. The second-order valence-corrected chi connectivity index (χ2v) is 8.58. The average Bonchev–Trinajstić information content (AvgIpc) is 2.43. The highest BCUT2D eigenvalue weighted by atomic mass is 35.5. The lowest BCUT2D eigenvalue weighted by molar-refractivity contribution is 0.0430. The first-order chi connectivity index (χ1) is 12.0. The lowest BCUT2D eigenvalue weighted by Gasteiger charge is -2.30. The van der Waals surface area contributed by atoms with Crippen molar-refractivity contribution in [3.63, 3.8) is 0 Å². The number of amides is 2. The van der Waals surface area contributed by atoms with Crippen molar-refractivity contribution in [3.8, 4) is 0 Å². The van der Waals surface area contributed by atoms with Crippen molar-refractivity contribution >= 4 is 47.0 Å². The molecule has 150 valence electrons. The predicted octanol–water partition coefficient (Wildman–Crippen LogP) is 5.68. The van der Waals surface area contributed by atoms with Gasteiger partial charge in [-0.3, -0.25) is 0 Å². The highest BCUT2D eigenvalue weighted by Gasteiger charge is 2.37. The molecule has 1 N–H and O–H groups in total. The highest BCUT2D eigenvalue weighted by Crippen LogP contribution is 2.38.